The van der Waals surface area contributed by atoms with Crippen molar-refractivity contribution in [2.75, 3.05) is 7.11 Å². The molecule has 1 N–H and O–H groups in total. The van der Waals surface area contributed by atoms with E-state index in [0.29, 0.717) is 17.0 Å². The van der Waals surface area contributed by atoms with Gasteiger partial charge < -0.3 is 9.84 Å². The maximum Gasteiger partial charge on any atom is 0.303 e. The lowest BCUT2D eigenvalue weighted by Crippen LogP contribution is -2.26. The van der Waals surface area contributed by atoms with E-state index in [2.05, 4.69) is 30.4 Å². The lowest BCUT2D eigenvalue weighted by Gasteiger charge is -2.11. The molecular weight excluding hydrogens is 352 g/mol. The number of fused-ring (bicyclic) bond motifs is 1. The van der Waals surface area contributed by atoms with Crippen LogP contribution in [0.15, 0.2) is 59.9 Å². The summed E-state index contributed by atoms with van der Waals surface area (Å²) in [4.78, 5) is 35.9. The molecule has 1 amide bonds. The third-order valence-corrected chi connectivity index (χ3v) is 3.65. The van der Waals surface area contributed by atoms with Crippen molar-refractivity contribution in [2.45, 2.75) is 13.8 Å². The Bertz CT molecular complexity index is 1030. The van der Waals surface area contributed by atoms with Gasteiger partial charge in [-0.3, -0.25) is 14.6 Å². The zero-order valence-corrected chi connectivity index (χ0v) is 14.7. The highest BCUT2D eigenvalue weighted by Crippen LogP contribution is 2.27. The van der Waals surface area contributed by atoms with E-state index in [1.54, 1.807) is 18.2 Å². The molecule has 0 aliphatic carbocycles. The first-order valence-electron chi connectivity index (χ1n) is 7.74. The van der Waals surface area contributed by atoms with E-state index >= 15 is 0 Å². The average Bonchev–Trinajstić information content (AvgIpc) is 3.10. The summed E-state index contributed by atoms with van der Waals surface area (Å²) < 4.78 is 5.30. The number of amidine groups is 2. The van der Waals surface area contributed by atoms with Gasteiger partial charge in [-0.25, -0.2) is 4.99 Å². The van der Waals surface area contributed by atoms with Gasteiger partial charge in [-0.2, -0.15) is 4.99 Å². The molecule has 1 aromatic rings. The number of benzene rings is 1. The predicted molar refractivity (Wildman–Crippen MR) is 98.4 cm³/mol. The number of ether oxygens (including phenoxy) is 1. The number of allylic oxidation sites excluding steroid dienone is 2. The molecule has 10 nitrogen and oxygen atoms in total. The van der Waals surface area contributed by atoms with Crippen LogP contribution in [0.5, 0.6) is 5.75 Å². The molecule has 27 heavy (non-hydrogen) atoms. The molecule has 2 heterocycles. The maximum absolute atomic E-state index is 12.0. The highest BCUT2D eigenvalue weighted by molar-refractivity contribution is 6.69. The Hall–Kier alpha value is -3.82. The fourth-order valence-electron chi connectivity index (χ4n) is 2.34. The maximum atomic E-state index is 12.0. The molecule has 0 aromatic heterocycles. The fraction of sp³-hybridized carbons (Fsp3) is 0.176. The smallest absolute Gasteiger partial charge is 0.303 e. The molecule has 2 aliphatic rings. The van der Waals surface area contributed by atoms with Gasteiger partial charge in [0, 0.05) is 6.21 Å². The summed E-state index contributed by atoms with van der Waals surface area (Å²) in [6.45, 7) is 2.73. The van der Waals surface area contributed by atoms with E-state index < -0.39 is 5.91 Å². The number of amides is 1. The lowest BCUT2D eigenvalue weighted by atomic mass is 10.1. The van der Waals surface area contributed by atoms with E-state index in [1.165, 1.54) is 27.2 Å². The number of nitrogens with zero attached hydrogens (tertiary/aromatic N) is 6. The standard InChI is InChI=1S/C17H14N6O4/c1-8(24)12(9(2)25)7-18-10-4-5-13(27-3)11(6-10)15-19-16-14(17(26)20-15)21-23-22-16/h4-7,24H,1-3H3/b12-8-,18-7?. The van der Waals surface area contributed by atoms with Gasteiger partial charge in [0.25, 0.3) is 0 Å². The van der Waals surface area contributed by atoms with Crippen molar-refractivity contribution in [3.05, 3.63) is 35.1 Å². The van der Waals surface area contributed by atoms with Gasteiger partial charge in [-0.05, 0) is 37.3 Å². The van der Waals surface area contributed by atoms with Crippen molar-refractivity contribution in [3.63, 3.8) is 0 Å². The van der Waals surface area contributed by atoms with Crippen molar-refractivity contribution in [3.8, 4) is 5.75 Å². The Morgan fingerprint density at radius 2 is 2.00 bits per heavy atom. The van der Waals surface area contributed by atoms with Crippen LogP contribution in [0.2, 0.25) is 0 Å². The third-order valence-electron chi connectivity index (χ3n) is 3.65. The van der Waals surface area contributed by atoms with Crippen LogP contribution >= 0.6 is 0 Å². The Balaban J connectivity index is 2.02. The summed E-state index contributed by atoms with van der Waals surface area (Å²) in [5.41, 5.74) is 0.920. The Morgan fingerprint density at radius 1 is 1.22 bits per heavy atom. The first-order chi connectivity index (χ1) is 12.9. The number of aliphatic hydroxyl groups excluding tert-OH is 1. The minimum absolute atomic E-state index is 0.0125. The zero-order chi connectivity index (χ0) is 19.6. The van der Waals surface area contributed by atoms with Crippen LogP contribution in [0.4, 0.5) is 5.69 Å². The summed E-state index contributed by atoms with van der Waals surface area (Å²) in [6.07, 6.45) is 1.26. The van der Waals surface area contributed by atoms with Gasteiger partial charge in [0.15, 0.2) is 11.6 Å². The molecule has 10 heteroatoms. The van der Waals surface area contributed by atoms with E-state index in [4.69, 9.17) is 4.74 Å². The second-order valence-electron chi connectivity index (χ2n) is 5.51. The number of hydrogen-bond donors (Lipinski definition) is 1. The molecule has 3 rings (SSSR count). The van der Waals surface area contributed by atoms with E-state index in [9.17, 15) is 14.7 Å². The van der Waals surface area contributed by atoms with Gasteiger partial charge in [-0.1, -0.05) is 0 Å². The predicted octanol–water partition coefficient (Wildman–Crippen LogP) is 2.33. The number of carbonyl (C=O) groups is 2. The second-order valence-corrected chi connectivity index (χ2v) is 5.51. The van der Waals surface area contributed by atoms with Crippen molar-refractivity contribution in [1.29, 1.82) is 0 Å². The molecule has 1 aromatic carbocycles. The van der Waals surface area contributed by atoms with Crippen molar-refractivity contribution < 1.29 is 19.4 Å². The van der Waals surface area contributed by atoms with Crippen LogP contribution in [-0.4, -0.2) is 47.5 Å². The highest BCUT2D eigenvalue weighted by atomic mass is 16.5. The number of rotatable bonds is 5. The second kappa shape index (κ2) is 7.20. The van der Waals surface area contributed by atoms with Crippen LogP contribution < -0.4 is 4.74 Å². The van der Waals surface area contributed by atoms with Crippen LogP contribution in [0.25, 0.3) is 0 Å². The first kappa shape index (κ1) is 18.0. The molecule has 2 aliphatic heterocycles. The van der Waals surface area contributed by atoms with Gasteiger partial charge >= 0.3 is 5.91 Å². The SMILES string of the molecule is COc1ccc(N=C/C(C(C)=O)=C(\C)O)cc1C1=NC(=O)C2=NN=NC2=N1. The van der Waals surface area contributed by atoms with Gasteiger partial charge in [-0.15, -0.1) is 10.2 Å². The van der Waals surface area contributed by atoms with E-state index in [-0.39, 0.29) is 34.5 Å². The Kier molecular flexibility index (Phi) is 4.79. The summed E-state index contributed by atoms with van der Waals surface area (Å²) in [7, 11) is 1.47. The van der Waals surface area contributed by atoms with Crippen LogP contribution in [0.3, 0.4) is 0 Å². The third kappa shape index (κ3) is 3.59. The molecule has 0 bridgehead atoms. The van der Waals surface area contributed by atoms with Crippen LogP contribution in [0.1, 0.15) is 19.4 Å². The topological polar surface area (TPSA) is 138 Å². The number of hydrogen-bond acceptors (Lipinski definition) is 9. The fourth-order valence-corrected chi connectivity index (χ4v) is 2.34. The molecule has 0 unspecified atom stereocenters. The molecule has 0 fully saturated rings. The number of aliphatic imine (C=N–C) groups is 3. The summed E-state index contributed by atoms with van der Waals surface area (Å²) >= 11 is 0. The van der Waals surface area contributed by atoms with Crippen molar-refractivity contribution >= 4 is 41.0 Å². The summed E-state index contributed by atoms with van der Waals surface area (Å²) in [6, 6.07) is 4.85. The number of Topliss-reactive ketones (excluding diaryl/α,β-unsaturated/α-hetero) is 1. The Labute approximate surface area is 153 Å². The average molecular weight is 366 g/mol. The minimum atomic E-state index is -0.603. The molecule has 0 radical (unpaired) electrons. The van der Waals surface area contributed by atoms with Crippen molar-refractivity contribution in [1.82, 2.24) is 0 Å². The molecule has 0 saturated heterocycles. The van der Waals surface area contributed by atoms with Gasteiger partial charge in [0.2, 0.25) is 11.5 Å². The minimum Gasteiger partial charge on any atom is -0.512 e. The molecule has 0 spiro atoms. The largest absolute Gasteiger partial charge is 0.512 e. The van der Waals surface area contributed by atoms with Gasteiger partial charge in [0.05, 0.1) is 23.9 Å². The number of aliphatic hydroxyl groups is 1. The van der Waals surface area contributed by atoms with E-state index in [1.807, 2.05) is 0 Å². The lowest BCUT2D eigenvalue weighted by molar-refractivity contribution is -0.113. The summed E-state index contributed by atoms with van der Waals surface area (Å²) in [5.74, 6) is -0.468. The Morgan fingerprint density at radius 3 is 2.67 bits per heavy atom. The zero-order valence-electron chi connectivity index (χ0n) is 14.7. The van der Waals surface area contributed by atoms with Crippen LogP contribution in [-0.2, 0) is 9.59 Å². The van der Waals surface area contributed by atoms with Crippen molar-refractivity contribution in [2.24, 2.45) is 30.4 Å². The van der Waals surface area contributed by atoms with Crippen LogP contribution in [0, 0.1) is 0 Å². The number of carbonyl (C=O) groups excluding carboxylic acids is 2. The number of methoxy groups -OCH3 is 1. The monoisotopic (exact) mass is 366 g/mol. The molecular formula is C17H14N6O4. The highest BCUT2D eigenvalue weighted by Gasteiger charge is 2.29. The van der Waals surface area contributed by atoms with E-state index in [0.717, 1.165) is 0 Å². The first-order valence-corrected chi connectivity index (χ1v) is 7.74. The summed E-state index contributed by atoms with van der Waals surface area (Å²) in [5, 5.41) is 20.2. The quantitative estimate of drug-likeness (QED) is 0.485. The molecule has 136 valence electrons. The normalized spacial score (nSPS) is 16.6. The molecule has 0 saturated carbocycles. The molecule has 0 atom stereocenters. The van der Waals surface area contributed by atoms with Gasteiger partial charge in [0.1, 0.15) is 11.5 Å². The number of ketones is 1.